The number of fused-ring (bicyclic) bond motifs is 1. The number of carbonyl (C=O) groups excluding carboxylic acids is 1. The van der Waals surface area contributed by atoms with E-state index in [4.69, 9.17) is 4.74 Å². The first-order valence-electron chi connectivity index (χ1n) is 6.67. The van der Waals surface area contributed by atoms with Crippen molar-refractivity contribution >= 4 is 27.2 Å². The van der Waals surface area contributed by atoms with E-state index < -0.39 is 16.0 Å². The Morgan fingerprint density at radius 3 is 2.95 bits per heavy atom. The molecule has 1 N–H and O–H groups in total. The number of hydrogen-bond donors (Lipinski definition) is 1. The van der Waals surface area contributed by atoms with Gasteiger partial charge < -0.3 is 4.74 Å². The van der Waals surface area contributed by atoms with Crippen LogP contribution >= 0.6 is 0 Å². The molecule has 1 saturated carbocycles. The number of pyridine rings is 1. The topological polar surface area (TPSA) is 89.8 Å². The van der Waals surface area contributed by atoms with E-state index in [2.05, 4.69) is 9.82 Å². The van der Waals surface area contributed by atoms with Crippen molar-refractivity contribution in [1.29, 1.82) is 0 Å². The Balaban J connectivity index is 1.94. The number of ether oxygens (including phenoxy) is 1. The molecule has 1 aliphatic rings. The number of rotatable bonds is 5. The zero-order valence-corrected chi connectivity index (χ0v) is 12.3. The van der Waals surface area contributed by atoms with Gasteiger partial charge in [0.2, 0.25) is 10.0 Å². The summed E-state index contributed by atoms with van der Waals surface area (Å²) in [6.45, 7) is 1.99. The van der Waals surface area contributed by atoms with E-state index in [1.807, 2.05) is 0 Å². The molecule has 21 heavy (non-hydrogen) atoms. The maximum Gasteiger partial charge on any atom is 0.341 e. The third kappa shape index (κ3) is 2.71. The summed E-state index contributed by atoms with van der Waals surface area (Å²) < 4.78 is 32.9. The molecular weight excluding hydrogens is 294 g/mol. The molecular formula is C13H15N3O4S. The molecule has 2 aromatic rings. The van der Waals surface area contributed by atoms with Gasteiger partial charge in [-0.2, -0.15) is 5.10 Å². The van der Waals surface area contributed by atoms with E-state index in [0.29, 0.717) is 29.6 Å². The Hall–Kier alpha value is -2.09. The highest BCUT2D eigenvalue weighted by molar-refractivity contribution is 7.93. The van der Waals surface area contributed by atoms with Gasteiger partial charge in [-0.15, -0.1) is 0 Å². The Bertz CT molecular complexity index is 793. The monoisotopic (exact) mass is 309 g/mol. The van der Waals surface area contributed by atoms with Gasteiger partial charge >= 0.3 is 5.97 Å². The normalized spacial score (nSPS) is 15.1. The lowest BCUT2D eigenvalue weighted by Crippen LogP contribution is -2.17. The maximum atomic E-state index is 11.9. The Labute approximate surface area is 122 Å². The third-order valence-corrected chi connectivity index (χ3v) is 5.11. The second-order valence-corrected chi connectivity index (χ2v) is 6.83. The van der Waals surface area contributed by atoms with Crippen LogP contribution in [-0.4, -0.2) is 35.9 Å². The number of carbonyl (C=O) groups is 1. The zero-order valence-electron chi connectivity index (χ0n) is 11.4. The lowest BCUT2D eigenvalue weighted by Gasteiger charge is -2.07. The number of sulfonamides is 1. The SMILES string of the molecule is CCOC(=O)c1cnn2ccc(NS(=O)(=O)C3CC3)cc12. The standard InChI is InChI=1S/C13H15N3O4S/c1-2-20-13(17)11-8-14-16-6-5-9(7-12(11)16)15-21(18,19)10-3-4-10/h5-8,10,15H,2-4H2,1H3. The van der Waals surface area contributed by atoms with E-state index >= 15 is 0 Å². The molecule has 2 aromatic heterocycles. The van der Waals surface area contributed by atoms with Crippen molar-refractivity contribution in [1.82, 2.24) is 9.61 Å². The highest BCUT2D eigenvalue weighted by Gasteiger charge is 2.35. The number of nitrogens with zero attached hydrogens (tertiary/aromatic N) is 2. The van der Waals surface area contributed by atoms with Gasteiger partial charge in [-0.1, -0.05) is 0 Å². The second kappa shape index (κ2) is 5.03. The predicted octanol–water partition coefficient (Wildman–Crippen LogP) is 1.42. The molecule has 0 radical (unpaired) electrons. The van der Waals surface area contributed by atoms with Gasteiger partial charge in [-0.05, 0) is 31.9 Å². The van der Waals surface area contributed by atoms with Gasteiger partial charge in [0, 0.05) is 6.20 Å². The lowest BCUT2D eigenvalue weighted by molar-refractivity contribution is 0.0528. The Morgan fingerprint density at radius 1 is 1.52 bits per heavy atom. The van der Waals surface area contributed by atoms with Crippen LogP contribution in [-0.2, 0) is 14.8 Å². The molecule has 7 nitrogen and oxygen atoms in total. The summed E-state index contributed by atoms with van der Waals surface area (Å²) in [4.78, 5) is 11.8. The molecule has 1 aliphatic carbocycles. The van der Waals surface area contributed by atoms with Gasteiger partial charge in [0.1, 0.15) is 5.56 Å². The van der Waals surface area contributed by atoms with Crippen LogP contribution in [0.25, 0.3) is 5.52 Å². The first kappa shape index (κ1) is 13.9. The highest BCUT2D eigenvalue weighted by atomic mass is 32.2. The second-order valence-electron chi connectivity index (χ2n) is 4.87. The molecule has 0 atom stereocenters. The fourth-order valence-electron chi connectivity index (χ4n) is 2.04. The van der Waals surface area contributed by atoms with E-state index in [-0.39, 0.29) is 11.9 Å². The number of aromatic nitrogens is 2. The molecule has 2 heterocycles. The van der Waals surface area contributed by atoms with Crippen LogP contribution in [0.15, 0.2) is 24.5 Å². The van der Waals surface area contributed by atoms with E-state index in [9.17, 15) is 13.2 Å². The van der Waals surface area contributed by atoms with Crippen LogP contribution in [0.1, 0.15) is 30.1 Å². The van der Waals surface area contributed by atoms with Crippen molar-refractivity contribution in [3.8, 4) is 0 Å². The number of hydrogen-bond acceptors (Lipinski definition) is 5. The molecule has 0 aliphatic heterocycles. The van der Waals surface area contributed by atoms with Crippen LogP contribution in [0, 0.1) is 0 Å². The summed E-state index contributed by atoms with van der Waals surface area (Å²) in [6, 6.07) is 3.19. The fourth-order valence-corrected chi connectivity index (χ4v) is 3.42. The minimum absolute atomic E-state index is 0.268. The predicted molar refractivity (Wildman–Crippen MR) is 76.7 cm³/mol. The molecule has 0 aromatic carbocycles. The van der Waals surface area contributed by atoms with Crippen molar-refractivity contribution in [3.05, 3.63) is 30.1 Å². The fraction of sp³-hybridized carbons (Fsp3) is 0.385. The van der Waals surface area contributed by atoms with Crippen molar-refractivity contribution in [3.63, 3.8) is 0 Å². The minimum atomic E-state index is -3.33. The first-order valence-corrected chi connectivity index (χ1v) is 8.22. The van der Waals surface area contributed by atoms with Crippen molar-refractivity contribution in [2.75, 3.05) is 11.3 Å². The molecule has 0 amide bonds. The average Bonchev–Trinajstić information content (AvgIpc) is 3.20. The van der Waals surface area contributed by atoms with Crippen LogP contribution in [0.4, 0.5) is 5.69 Å². The number of esters is 1. The van der Waals surface area contributed by atoms with E-state index in [1.54, 1.807) is 25.3 Å². The van der Waals surface area contributed by atoms with E-state index in [0.717, 1.165) is 0 Å². The van der Waals surface area contributed by atoms with Crippen LogP contribution in [0.3, 0.4) is 0 Å². The zero-order chi connectivity index (χ0) is 15.0. The summed E-state index contributed by atoms with van der Waals surface area (Å²) in [5.41, 5.74) is 1.23. The Kier molecular flexibility index (Phi) is 3.32. The summed E-state index contributed by atoms with van der Waals surface area (Å²) in [5.74, 6) is -0.477. The smallest absolute Gasteiger partial charge is 0.341 e. The highest BCUT2D eigenvalue weighted by Crippen LogP contribution is 2.30. The van der Waals surface area contributed by atoms with Gasteiger partial charge in [0.15, 0.2) is 0 Å². The molecule has 0 saturated heterocycles. The molecule has 0 unspecified atom stereocenters. The number of nitrogens with one attached hydrogen (secondary N) is 1. The summed E-state index contributed by atoms with van der Waals surface area (Å²) in [6.07, 6.45) is 4.39. The van der Waals surface area contributed by atoms with Crippen molar-refractivity contribution < 1.29 is 17.9 Å². The number of anilines is 1. The quantitative estimate of drug-likeness (QED) is 0.844. The largest absolute Gasteiger partial charge is 0.462 e. The summed E-state index contributed by atoms with van der Waals surface area (Å²) in [7, 11) is -3.33. The first-order chi connectivity index (χ1) is 10.0. The molecule has 0 bridgehead atoms. The average molecular weight is 309 g/mol. The van der Waals surface area contributed by atoms with Gasteiger partial charge in [-0.3, -0.25) is 4.72 Å². The Morgan fingerprint density at radius 2 is 2.29 bits per heavy atom. The minimum Gasteiger partial charge on any atom is -0.462 e. The van der Waals surface area contributed by atoms with Crippen molar-refractivity contribution in [2.45, 2.75) is 25.0 Å². The molecule has 0 spiro atoms. The van der Waals surface area contributed by atoms with Crippen LogP contribution in [0.5, 0.6) is 0 Å². The lowest BCUT2D eigenvalue weighted by atomic mass is 10.2. The van der Waals surface area contributed by atoms with Gasteiger partial charge in [0.25, 0.3) is 0 Å². The van der Waals surface area contributed by atoms with E-state index in [1.165, 1.54) is 10.7 Å². The van der Waals surface area contributed by atoms with Crippen LogP contribution in [0.2, 0.25) is 0 Å². The third-order valence-electron chi connectivity index (χ3n) is 3.24. The molecule has 112 valence electrons. The summed E-state index contributed by atoms with van der Waals surface area (Å²) in [5, 5.41) is 3.74. The molecule has 8 heteroatoms. The van der Waals surface area contributed by atoms with Crippen LogP contribution < -0.4 is 4.72 Å². The molecule has 1 fully saturated rings. The van der Waals surface area contributed by atoms with Crippen molar-refractivity contribution in [2.24, 2.45) is 0 Å². The van der Waals surface area contributed by atoms with Gasteiger partial charge in [0.05, 0.1) is 29.3 Å². The maximum absolute atomic E-state index is 11.9. The van der Waals surface area contributed by atoms with Gasteiger partial charge in [-0.25, -0.2) is 17.7 Å². The molecule has 3 rings (SSSR count). The summed E-state index contributed by atoms with van der Waals surface area (Å²) >= 11 is 0.